The maximum Gasteiger partial charge on any atom is 0.155 e. The van der Waals surface area contributed by atoms with Crippen molar-refractivity contribution in [3.05, 3.63) is 16.4 Å². The second-order valence-electron chi connectivity index (χ2n) is 3.19. The van der Waals surface area contributed by atoms with Crippen LogP contribution in [0.2, 0.25) is 0 Å². The largest absolute Gasteiger partial charge is 0.359 e. The second kappa shape index (κ2) is 3.18. The molecule has 0 unspecified atom stereocenters. The van der Waals surface area contributed by atoms with Crippen LogP contribution in [0, 0.1) is 0 Å². The third-order valence-corrected chi connectivity index (χ3v) is 2.72. The topological polar surface area (TPSA) is 29.3 Å². The fraction of sp³-hybridized carbons (Fsp3) is 0.625. The van der Waals surface area contributed by atoms with Crippen LogP contribution in [-0.2, 0) is 0 Å². The normalized spacial score (nSPS) is 25.0. The molecule has 1 fully saturated rings. The van der Waals surface area contributed by atoms with Crippen LogP contribution in [0.4, 0.5) is 0 Å². The van der Waals surface area contributed by atoms with Crippen LogP contribution in [0.25, 0.3) is 0 Å². The van der Waals surface area contributed by atoms with E-state index in [0.29, 0.717) is 6.04 Å². The molecule has 2 heterocycles. The summed E-state index contributed by atoms with van der Waals surface area (Å²) >= 11 is 3.28. The molecule has 0 saturated carbocycles. The van der Waals surface area contributed by atoms with Crippen LogP contribution < -0.4 is 0 Å². The maximum absolute atomic E-state index is 5.18. The summed E-state index contributed by atoms with van der Waals surface area (Å²) in [5, 5.41) is 3.81. The minimum absolute atomic E-state index is 0.434. The van der Waals surface area contributed by atoms with Crippen molar-refractivity contribution in [2.45, 2.75) is 18.9 Å². The van der Waals surface area contributed by atoms with Crippen molar-refractivity contribution in [2.75, 3.05) is 13.6 Å². The molecule has 2 rings (SSSR count). The highest BCUT2D eigenvalue weighted by Gasteiger charge is 2.25. The smallest absolute Gasteiger partial charge is 0.155 e. The Morgan fingerprint density at radius 3 is 3.08 bits per heavy atom. The minimum Gasteiger partial charge on any atom is -0.359 e. The van der Waals surface area contributed by atoms with E-state index < -0.39 is 0 Å². The monoisotopic (exact) mass is 230 g/mol. The van der Waals surface area contributed by atoms with Gasteiger partial charge in [-0.1, -0.05) is 5.16 Å². The molecule has 0 aliphatic carbocycles. The average Bonchev–Trinajstić information content (AvgIpc) is 2.58. The van der Waals surface area contributed by atoms with Gasteiger partial charge in [0.25, 0.3) is 0 Å². The fourth-order valence-corrected chi connectivity index (χ4v) is 1.99. The van der Waals surface area contributed by atoms with Gasteiger partial charge in [-0.25, -0.2) is 0 Å². The molecule has 0 N–H and O–H groups in total. The molecule has 0 spiro atoms. The van der Waals surface area contributed by atoms with Gasteiger partial charge in [-0.3, -0.25) is 4.90 Å². The summed E-state index contributed by atoms with van der Waals surface area (Å²) in [4.78, 5) is 2.30. The molecular weight excluding hydrogens is 220 g/mol. The molecule has 4 heteroatoms. The fourth-order valence-electron chi connectivity index (χ4n) is 1.69. The van der Waals surface area contributed by atoms with E-state index >= 15 is 0 Å². The standard InChI is InChI=1S/C8H11BrN2O/c1-11-4-2-3-6(11)7-5-8(9)10-12-7/h5-6H,2-4H2,1H3/t6-/m0/s1. The third kappa shape index (κ3) is 1.41. The lowest BCUT2D eigenvalue weighted by atomic mass is 10.2. The van der Waals surface area contributed by atoms with E-state index in [-0.39, 0.29) is 0 Å². The number of nitrogens with zero attached hydrogens (tertiary/aromatic N) is 2. The van der Waals surface area contributed by atoms with Gasteiger partial charge in [-0.2, -0.15) is 0 Å². The summed E-state index contributed by atoms with van der Waals surface area (Å²) in [7, 11) is 2.12. The summed E-state index contributed by atoms with van der Waals surface area (Å²) in [6.45, 7) is 1.16. The number of likely N-dealkylation sites (tertiary alicyclic amines) is 1. The van der Waals surface area contributed by atoms with Gasteiger partial charge in [0.1, 0.15) is 4.60 Å². The molecule has 0 radical (unpaired) electrons. The van der Waals surface area contributed by atoms with Crippen LogP contribution >= 0.6 is 15.9 Å². The molecule has 66 valence electrons. The first-order valence-corrected chi connectivity index (χ1v) is 4.89. The van der Waals surface area contributed by atoms with Crippen molar-refractivity contribution < 1.29 is 4.52 Å². The molecule has 1 saturated heterocycles. The SMILES string of the molecule is CN1CCC[C@H]1c1cc(Br)no1. The Balaban J connectivity index is 2.19. The van der Waals surface area contributed by atoms with E-state index in [0.717, 1.165) is 16.9 Å². The van der Waals surface area contributed by atoms with E-state index in [1.54, 1.807) is 0 Å². The van der Waals surface area contributed by atoms with Crippen LogP contribution in [0.1, 0.15) is 24.6 Å². The molecule has 0 amide bonds. The summed E-state index contributed by atoms with van der Waals surface area (Å²) in [6, 6.07) is 2.38. The Kier molecular flexibility index (Phi) is 2.19. The van der Waals surface area contributed by atoms with Crippen molar-refractivity contribution in [3.63, 3.8) is 0 Å². The Labute approximate surface area is 79.8 Å². The number of rotatable bonds is 1. The summed E-state index contributed by atoms with van der Waals surface area (Å²) in [6.07, 6.45) is 2.43. The molecule has 0 aromatic carbocycles. The average molecular weight is 231 g/mol. The van der Waals surface area contributed by atoms with E-state index in [1.807, 2.05) is 6.07 Å². The first-order chi connectivity index (χ1) is 5.77. The van der Waals surface area contributed by atoms with Crippen LogP contribution in [0.3, 0.4) is 0 Å². The molecule has 1 aliphatic rings. The Morgan fingerprint density at radius 2 is 2.58 bits per heavy atom. The number of hydrogen-bond donors (Lipinski definition) is 0. The minimum atomic E-state index is 0.434. The van der Waals surface area contributed by atoms with Crippen molar-refractivity contribution in [2.24, 2.45) is 0 Å². The van der Waals surface area contributed by atoms with E-state index in [1.165, 1.54) is 12.8 Å². The van der Waals surface area contributed by atoms with Gasteiger partial charge < -0.3 is 4.52 Å². The molecule has 1 atom stereocenters. The Bertz CT molecular complexity index is 274. The van der Waals surface area contributed by atoms with Gasteiger partial charge in [0.05, 0.1) is 6.04 Å². The molecule has 12 heavy (non-hydrogen) atoms. The van der Waals surface area contributed by atoms with Crippen LogP contribution in [-0.4, -0.2) is 23.6 Å². The molecule has 1 aromatic rings. The highest BCUT2D eigenvalue weighted by atomic mass is 79.9. The van der Waals surface area contributed by atoms with Crippen molar-refractivity contribution in [1.29, 1.82) is 0 Å². The summed E-state index contributed by atoms with van der Waals surface area (Å²) < 4.78 is 5.97. The Morgan fingerprint density at radius 1 is 1.75 bits per heavy atom. The first kappa shape index (κ1) is 8.26. The van der Waals surface area contributed by atoms with E-state index in [9.17, 15) is 0 Å². The zero-order chi connectivity index (χ0) is 8.55. The molecule has 0 bridgehead atoms. The first-order valence-electron chi connectivity index (χ1n) is 4.10. The van der Waals surface area contributed by atoms with Crippen molar-refractivity contribution in [3.8, 4) is 0 Å². The summed E-state index contributed by atoms with van der Waals surface area (Å²) in [5.41, 5.74) is 0. The summed E-state index contributed by atoms with van der Waals surface area (Å²) in [5.74, 6) is 0.974. The predicted octanol–water partition coefficient (Wildman–Crippen LogP) is 2.20. The van der Waals surface area contributed by atoms with Crippen LogP contribution in [0.15, 0.2) is 15.2 Å². The number of aromatic nitrogens is 1. The van der Waals surface area contributed by atoms with E-state index in [4.69, 9.17) is 4.52 Å². The van der Waals surface area contributed by atoms with Crippen LogP contribution in [0.5, 0.6) is 0 Å². The molecular formula is C8H11BrN2O. The van der Waals surface area contributed by atoms with Gasteiger partial charge in [-0.15, -0.1) is 0 Å². The zero-order valence-electron chi connectivity index (χ0n) is 6.96. The van der Waals surface area contributed by atoms with E-state index in [2.05, 4.69) is 33.0 Å². The molecule has 3 nitrogen and oxygen atoms in total. The predicted molar refractivity (Wildman–Crippen MR) is 48.8 cm³/mol. The number of halogens is 1. The lowest BCUT2D eigenvalue weighted by Crippen LogP contribution is -2.16. The van der Waals surface area contributed by atoms with Gasteiger partial charge >= 0.3 is 0 Å². The lowest BCUT2D eigenvalue weighted by Gasteiger charge is -2.15. The van der Waals surface area contributed by atoms with Gasteiger partial charge in [0.2, 0.25) is 0 Å². The third-order valence-electron chi connectivity index (χ3n) is 2.35. The zero-order valence-corrected chi connectivity index (χ0v) is 8.54. The molecule has 1 aromatic heterocycles. The van der Waals surface area contributed by atoms with Crippen molar-refractivity contribution >= 4 is 15.9 Å². The second-order valence-corrected chi connectivity index (χ2v) is 4.00. The quantitative estimate of drug-likeness (QED) is 0.741. The molecule has 1 aliphatic heterocycles. The van der Waals surface area contributed by atoms with Crippen molar-refractivity contribution in [1.82, 2.24) is 10.1 Å². The van der Waals surface area contributed by atoms with Gasteiger partial charge in [-0.05, 0) is 42.4 Å². The lowest BCUT2D eigenvalue weighted by molar-refractivity contribution is 0.251. The highest BCUT2D eigenvalue weighted by molar-refractivity contribution is 9.10. The number of hydrogen-bond acceptors (Lipinski definition) is 3. The van der Waals surface area contributed by atoms with Gasteiger partial charge in [0.15, 0.2) is 5.76 Å². The maximum atomic E-state index is 5.18. The van der Waals surface area contributed by atoms with Gasteiger partial charge in [0, 0.05) is 6.07 Å². The Hall–Kier alpha value is -0.350. The highest BCUT2D eigenvalue weighted by Crippen LogP contribution is 2.31.